The van der Waals surface area contributed by atoms with E-state index in [0.717, 1.165) is 28.9 Å². The van der Waals surface area contributed by atoms with Crippen LogP contribution in [-0.2, 0) is 10.0 Å². The van der Waals surface area contributed by atoms with Gasteiger partial charge in [0.15, 0.2) is 16.7 Å². The van der Waals surface area contributed by atoms with E-state index < -0.39 is 32.3 Å². The Morgan fingerprint density at radius 3 is 2.61 bits per heavy atom. The van der Waals surface area contributed by atoms with Crippen molar-refractivity contribution in [3.8, 4) is 5.75 Å². The number of ether oxygens (including phenoxy) is 1. The smallest absolute Gasteiger partial charge is 0.266 e. The van der Waals surface area contributed by atoms with Gasteiger partial charge in [-0.15, -0.1) is 11.3 Å². The van der Waals surface area contributed by atoms with Crippen LogP contribution in [0.2, 0.25) is 0 Å². The average Bonchev–Trinajstić information content (AvgIpc) is 3.27. The van der Waals surface area contributed by atoms with E-state index >= 15 is 0 Å². The molecular weight excluding hydrogens is 475 g/mol. The molecule has 0 saturated heterocycles. The molecule has 1 aliphatic carbocycles. The number of allylic oxidation sites excluding steroid dienone is 1. The monoisotopic (exact) mass is 495 g/mol. The van der Waals surface area contributed by atoms with Crippen LogP contribution in [0.5, 0.6) is 5.75 Å². The molecule has 33 heavy (non-hydrogen) atoms. The first kappa shape index (κ1) is 23.3. The topological polar surface area (TPSA) is 94.3 Å². The van der Waals surface area contributed by atoms with Crippen molar-refractivity contribution in [2.24, 2.45) is 11.7 Å². The summed E-state index contributed by atoms with van der Waals surface area (Å²) in [7, 11) is -4.38. The first-order valence-electron chi connectivity index (χ1n) is 10.0. The number of sulfonamides is 1. The second kappa shape index (κ2) is 9.54. The third kappa shape index (κ3) is 5.21. The van der Waals surface area contributed by atoms with Gasteiger partial charge < -0.3 is 10.5 Å². The highest BCUT2D eigenvalue weighted by molar-refractivity contribution is 7.93. The summed E-state index contributed by atoms with van der Waals surface area (Å²) in [5.41, 5.74) is 7.86. The lowest BCUT2D eigenvalue weighted by atomic mass is 9.81. The molecule has 6 nitrogen and oxygen atoms in total. The van der Waals surface area contributed by atoms with Crippen molar-refractivity contribution in [2.75, 3.05) is 11.3 Å². The van der Waals surface area contributed by atoms with E-state index in [4.69, 9.17) is 10.5 Å². The third-order valence-corrected chi connectivity index (χ3v) is 7.48. The van der Waals surface area contributed by atoms with Crippen molar-refractivity contribution in [3.05, 3.63) is 77.1 Å². The summed E-state index contributed by atoms with van der Waals surface area (Å²) in [6, 6.07) is 6.89. The average molecular weight is 496 g/mol. The minimum Gasteiger partial charge on any atom is -0.490 e. The maximum atomic E-state index is 14.7. The van der Waals surface area contributed by atoms with Crippen LogP contribution in [0.1, 0.15) is 18.4 Å². The second-order valence-corrected chi connectivity index (χ2v) is 10.0. The first-order chi connectivity index (χ1) is 15.7. The fourth-order valence-electron chi connectivity index (χ4n) is 3.65. The fraction of sp³-hybridized carbons (Fsp3) is 0.227. The highest BCUT2D eigenvalue weighted by Gasteiger charge is 2.28. The van der Waals surface area contributed by atoms with Crippen molar-refractivity contribution in [1.29, 1.82) is 0 Å². The summed E-state index contributed by atoms with van der Waals surface area (Å²) >= 11 is 1.00. The van der Waals surface area contributed by atoms with Gasteiger partial charge in [0.25, 0.3) is 10.0 Å². The molecule has 0 saturated carbocycles. The Bertz CT molecular complexity index is 1260. The third-order valence-electron chi connectivity index (χ3n) is 5.31. The van der Waals surface area contributed by atoms with E-state index in [0.29, 0.717) is 18.6 Å². The molecule has 2 atom stereocenters. The Hall–Kier alpha value is -2.89. The maximum Gasteiger partial charge on any atom is 0.266 e. The molecule has 0 fully saturated rings. The van der Waals surface area contributed by atoms with Crippen molar-refractivity contribution in [1.82, 2.24) is 4.98 Å². The van der Waals surface area contributed by atoms with Gasteiger partial charge in [-0.05, 0) is 36.1 Å². The lowest BCUT2D eigenvalue weighted by molar-refractivity contribution is 0.242. The molecule has 3 aromatic rings. The predicted molar refractivity (Wildman–Crippen MR) is 120 cm³/mol. The van der Waals surface area contributed by atoms with Gasteiger partial charge >= 0.3 is 0 Å². The molecule has 2 unspecified atom stereocenters. The number of hydrogen-bond acceptors (Lipinski definition) is 6. The summed E-state index contributed by atoms with van der Waals surface area (Å²) in [5, 5.41) is 1.57. The van der Waals surface area contributed by atoms with E-state index in [1.807, 2.05) is 6.08 Å². The van der Waals surface area contributed by atoms with E-state index in [9.17, 15) is 21.6 Å². The van der Waals surface area contributed by atoms with Crippen LogP contribution in [0, 0.1) is 23.4 Å². The number of rotatable bonds is 7. The normalized spacial score (nSPS) is 18.6. The van der Waals surface area contributed by atoms with Crippen LogP contribution < -0.4 is 15.2 Å². The number of hydrogen-bond donors (Lipinski definition) is 2. The number of aromatic nitrogens is 1. The van der Waals surface area contributed by atoms with Gasteiger partial charge in [-0.2, -0.15) is 0 Å². The van der Waals surface area contributed by atoms with Gasteiger partial charge in [0.2, 0.25) is 0 Å². The van der Waals surface area contributed by atoms with Gasteiger partial charge in [0.05, 0.1) is 6.61 Å². The minimum atomic E-state index is -4.38. The molecule has 0 spiro atoms. The van der Waals surface area contributed by atoms with Crippen LogP contribution in [0.25, 0.3) is 5.57 Å². The molecule has 1 heterocycles. The molecule has 2 aromatic carbocycles. The molecule has 1 aliphatic rings. The fourth-order valence-corrected chi connectivity index (χ4v) is 5.51. The van der Waals surface area contributed by atoms with Gasteiger partial charge in [-0.25, -0.2) is 26.6 Å². The minimum absolute atomic E-state index is 0.0292. The summed E-state index contributed by atoms with van der Waals surface area (Å²) < 4.78 is 75.1. The van der Waals surface area contributed by atoms with Gasteiger partial charge in [0, 0.05) is 35.7 Å². The Balaban J connectivity index is 1.54. The molecule has 0 amide bonds. The van der Waals surface area contributed by atoms with Crippen molar-refractivity contribution < 1.29 is 26.3 Å². The van der Waals surface area contributed by atoms with Crippen molar-refractivity contribution >= 4 is 32.1 Å². The molecule has 1 aromatic heterocycles. The van der Waals surface area contributed by atoms with E-state index in [-0.39, 0.29) is 29.5 Å². The van der Waals surface area contributed by atoms with E-state index in [1.165, 1.54) is 23.7 Å². The number of nitrogens with one attached hydrogen (secondary N) is 1. The van der Waals surface area contributed by atoms with E-state index in [1.54, 1.807) is 12.1 Å². The summed E-state index contributed by atoms with van der Waals surface area (Å²) in [6.45, 7) is -0.0653. The molecule has 174 valence electrons. The zero-order valence-corrected chi connectivity index (χ0v) is 18.8. The highest BCUT2D eigenvalue weighted by atomic mass is 32.2. The molecule has 11 heteroatoms. The quantitative estimate of drug-likeness (QED) is 0.501. The lowest BCUT2D eigenvalue weighted by Crippen LogP contribution is -2.37. The second-order valence-electron chi connectivity index (χ2n) is 7.48. The number of thiazole rings is 1. The Kier molecular flexibility index (Phi) is 6.73. The largest absolute Gasteiger partial charge is 0.490 e. The highest BCUT2D eigenvalue weighted by Crippen LogP contribution is 2.34. The van der Waals surface area contributed by atoms with Crippen LogP contribution >= 0.6 is 11.3 Å². The van der Waals surface area contributed by atoms with Crippen molar-refractivity contribution in [3.63, 3.8) is 0 Å². The number of nitrogens with zero attached hydrogens (tertiary/aromatic N) is 1. The molecule has 3 N–H and O–H groups in total. The lowest BCUT2D eigenvalue weighted by Gasteiger charge is -2.30. The summed E-state index contributed by atoms with van der Waals surface area (Å²) in [4.78, 5) is 2.91. The summed E-state index contributed by atoms with van der Waals surface area (Å²) in [6.07, 6.45) is 4.75. The zero-order valence-electron chi connectivity index (χ0n) is 17.2. The van der Waals surface area contributed by atoms with Crippen LogP contribution in [0.4, 0.5) is 18.3 Å². The standard InChI is InChI=1S/C22H20F3N3O3S2/c23-14-6-4-13(5-7-14)15-2-1-3-19(26)16(15)12-31-20-10-18(25)21(11-17(20)24)33(29,30)28-22-27-8-9-32-22/h2,4-11,16,19H,1,3,12,26H2,(H,27,28). The Morgan fingerprint density at radius 1 is 1.15 bits per heavy atom. The Labute approximate surface area is 193 Å². The zero-order chi connectivity index (χ0) is 23.6. The number of nitrogens with two attached hydrogens (primary N) is 1. The number of halogens is 3. The van der Waals surface area contributed by atoms with Crippen LogP contribution in [-0.4, -0.2) is 26.1 Å². The predicted octanol–water partition coefficient (Wildman–Crippen LogP) is 4.56. The molecule has 0 bridgehead atoms. The van der Waals surface area contributed by atoms with Crippen LogP contribution in [0.15, 0.2) is 58.9 Å². The number of benzene rings is 2. The molecule has 0 aliphatic heterocycles. The van der Waals surface area contributed by atoms with Gasteiger partial charge in [0.1, 0.15) is 16.5 Å². The molecule has 0 radical (unpaired) electrons. The van der Waals surface area contributed by atoms with Crippen molar-refractivity contribution in [2.45, 2.75) is 23.8 Å². The Morgan fingerprint density at radius 2 is 1.91 bits per heavy atom. The van der Waals surface area contributed by atoms with Gasteiger partial charge in [-0.1, -0.05) is 18.2 Å². The molecule has 4 rings (SSSR count). The van der Waals surface area contributed by atoms with Gasteiger partial charge in [-0.3, -0.25) is 4.72 Å². The maximum absolute atomic E-state index is 14.7. The SMILES string of the molecule is NC1CCC=C(c2ccc(F)cc2)C1COc1cc(F)c(S(=O)(=O)Nc2nccs2)cc1F. The van der Waals surface area contributed by atoms with E-state index in [2.05, 4.69) is 9.71 Å². The van der Waals surface area contributed by atoms with Crippen LogP contribution in [0.3, 0.4) is 0 Å². The number of anilines is 1. The summed E-state index contributed by atoms with van der Waals surface area (Å²) in [5.74, 6) is -3.35. The molecular formula is C22H20F3N3O3S2. The first-order valence-corrected chi connectivity index (χ1v) is 12.4.